The predicted molar refractivity (Wildman–Crippen MR) is 100 cm³/mol. The Hall–Kier alpha value is -2.90. The molecule has 0 spiro atoms. The van der Waals surface area contributed by atoms with Crippen molar-refractivity contribution in [3.8, 4) is 0 Å². The van der Waals surface area contributed by atoms with Crippen LogP contribution in [0.3, 0.4) is 0 Å². The number of fused-ring (bicyclic) bond motifs is 1. The van der Waals surface area contributed by atoms with Crippen LogP contribution in [0.2, 0.25) is 0 Å². The van der Waals surface area contributed by atoms with Crippen LogP contribution < -0.4 is 15.5 Å². The Morgan fingerprint density at radius 1 is 1.27 bits per heavy atom. The number of carbonyl (C=O) groups excluding carboxylic acids is 2. The minimum Gasteiger partial charge on any atom is -0.374 e. The average molecular weight is 356 g/mol. The lowest BCUT2D eigenvalue weighted by atomic mass is 10.0. The SMILES string of the molecule is CC(C)C(=O)Nc1cn(CC(=O)Nc2ccc3c(c2)CCCN3C)nn1. The van der Waals surface area contributed by atoms with E-state index in [1.807, 2.05) is 18.2 Å². The number of carbonyl (C=O) groups is 2. The summed E-state index contributed by atoms with van der Waals surface area (Å²) >= 11 is 0. The van der Waals surface area contributed by atoms with E-state index in [1.54, 1.807) is 20.0 Å². The van der Waals surface area contributed by atoms with Crippen LogP contribution in [0.4, 0.5) is 17.2 Å². The van der Waals surface area contributed by atoms with E-state index in [-0.39, 0.29) is 24.3 Å². The van der Waals surface area contributed by atoms with Gasteiger partial charge in [0.25, 0.3) is 0 Å². The van der Waals surface area contributed by atoms with E-state index in [0.29, 0.717) is 5.82 Å². The first kappa shape index (κ1) is 17.9. The summed E-state index contributed by atoms with van der Waals surface area (Å²) in [6, 6.07) is 5.98. The third-order valence-electron chi connectivity index (χ3n) is 4.33. The molecule has 2 N–H and O–H groups in total. The molecule has 1 aromatic carbocycles. The quantitative estimate of drug-likeness (QED) is 0.854. The summed E-state index contributed by atoms with van der Waals surface area (Å²) in [5.74, 6) is -0.138. The minimum atomic E-state index is -0.194. The molecule has 0 aliphatic carbocycles. The van der Waals surface area contributed by atoms with Gasteiger partial charge in [0.15, 0.2) is 5.82 Å². The van der Waals surface area contributed by atoms with Gasteiger partial charge in [0.2, 0.25) is 11.8 Å². The highest BCUT2D eigenvalue weighted by Crippen LogP contribution is 2.28. The first-order valence-corrected chi connectivity index (χ1v) is 8.77. The molecule has 0 saturated carbocycles. The monoisotopic (exact) mass is 356 g/mol. The third kappa shape index (κ3) is 4.19. The average Bonchev–Trinajstić information content (AvgIpc) is 3.01. The molecule has 2 heterocycles. The van der Waals surface area contributed by atoms with Gasteiger partial charge in [0.05, 0.1) is 6.20 Å². The van der Waals surface area contributed by atoms with Crippen molar-refractivity contribution in [2.24, 2.45) is 5.92 Å². The molecule has 8 heteroatoms. The van der Waals surface area contributed by atoms with E-state index < -0.39 is 0 Å². The number of anilines is 3. The van der Waals surface area contributed by atoms with Crippen LogP contribution in [0.15, 0.2) is 24.4 Å². The van der Waals surface area contributed by atoms with Crippen molar-refractivity contribution >= 4 is 29.0 Å². The van der Waals surface area contributed by atoms with Crippen LogP contribution in [-0.4, -0.2) is 40.4 Å². The molecule has 0 fully saturated rings. The Labute approximate surface area is 152 Å². The highest BCUT2D eigenvalue weighted by atomic mass is 16.2. The van der Waals surface area contributed by atoms with E-state index in [2.05, 4.69) is 32.9 Å². The lowest BCUT2D eigenvalue weighted by Gasteiger charge is -2.27. The summed E-state index contributed by atoms with van der Waals surface area (Å²) in [5, 5.41) is 13.3. The topological polar surface area (TPSA) is 92.2 Å². The van der Waals surface area contributed by atoms with Crippen molar-refractivity contribution in [2.75, 3.05) is 29.1 Å². The van der Waals surface area contributed by atoms with Gasteiger partial charge in [-0.25, -0.2) is 4.68 Å². The molecule has 8 nitrogen and oxygen atoms in total. The summed E-state index contributed by atoms with van der Waals surface area (Å²) in [6.07, 6.45) is 3.68. The maximum absolute atomic E-state index is 12.3. The smallest absolute Gasteiger partial charge is 0.246 e. The fraction of sp³-hybridized carbons (Fsp3) is 0.444. The lowest BCUT2D eigenvalue weighted by Crippen LogP contribution is -2.25. The van der Waals surface area contributed by atoms with Gasteiger partial charge in [-0.15, -0.1) is 5.10 Å². The maximum atomic E-state index is 12.3. The zero-order valence-electron chi connectivity index (χ0n) is 15.3. The Kier molecular flexibility index (Phi) is 5.20. The number of nitrogens with zero attached hydrogens (tertiary/aromatic N) is 4. The second kappa shape index (κ2) is 7.55. The third-order valence-corrected chi connectivity index (χ3v) is 4.33. The fourth-order valence-corrected chi connectivity index (χ4v) is 2.91. The first-order valence-electron chi connectivity index (χ1n) is 8.77. The van der Waals surface area contributed by atoms with E-state index in [4.69, 9.17) is 0 Å². The molecule has 0 saturated heterocycles. The molecule has 0 radical (unpaired) electrons. The first-order chi connectivity index (χ1) is 12.4. The van der Waals surface area contributed by atoms with Crippen molar-refractivity contribution in [1.29, 1.82) is 0 Å². The largest absolute Gasteiger partial charge is 0.374 e. The van der Waals surface area contributed by atoms with Crippen molar-refractivity contribution in [1.82, 2.24) is 15.0 Å². The number of benzene rings is 1. The molecule has 2 aromatic rings. The molecule has 26 heavy (non-hydrogen) atoms. The fourth-order valence-electron chi connectivity index (χ4n) is 2.91. The molecular weight excluding hydrogens is 332 g/mol. The number of amides is 2. The highest BCUT2D eigenvalue weighted by molar-refractivity contribution is 5.92. The molecule has 3 rings (SSSR count). The Morgan fingerprint density at radius 3 is 2.85 bits per heavy atom. The van der Waals surface area contributed by atoms with Crippen LogP contribution in [0.5, 0.6) is 0 Å². The maximum Gasteiger partial charge on any atom is 0.246 e. The van der Waals surface area contributed by atoms with Crippen LogP contribution in [0.1, 0.15) is 25.8 Å². The molecule has 1 aliphatic rings. The molecule has 138 valence electrons. The summed E-state index contributed by atoms with van der Waals surface area (Å²) in [6.45, 7) is 4.68. The highest BCUT2D eigenvalue weighted by Gasteiger charge is 2.15. The minimum absolute atomic E-state index is 0.0293. The predicted octanol–water partition coefficient (Wildman–Crippen LogP) is 1.89. The zero-order chi connectivity index (χ0) is 18.7. The Bertz CT molecular complexity index is 814. The molecular formula is C18H24N6O2. The van der Waals surface area contributed by atoms with Crippen LogP contribution >= 0.6 is 0 Å². The summed E-state index contributed by atoms with van der Waals surface area (Å²) in [7, 11) is 2.08. The van der Waals surface area contributed by atoms with Crippen molar-refractivity contribution in [2.45, 2.75) is 33.2 Å². The van der Waals surface area contributed by atoms with Crippen LogP contribution in [-0.2, 0) is 22.6 Å². The standard InChI is InChI=1S/C18H24N6O2/c1-12(2)18(26)20-16-10-24(22-21-16)11-17(25)19-14-6-7-15-13(9-14)5-4-8-23(15)3/h6-7,9-10,12H,4-5,8,11H2,1-3H3,(H,19,25)(H,20,26). The number of aryl methyl sites for hydroxylation is 1. The van der Waals surface area contributed by atoms with Gasteiger partial charge in [-0.05, 0) is 36.6 Å². The van der Waals surface area contributed by atoms with E-state index in [1.165, 1.54) is 15.9 Å². The van der Waals surface area contributed by atoms with Crippen LogP contribution in [0.25, 0.3) is 0 Å². The van der Waals surface area contributed by atoms with E-state index in [9.17, 15) is 9.59 Å². The van der Waals surface area contributed by atoms with Gasteiger partial charge in [0.1, 0.15) is 6.54 Å². The lowest BCUT2D eigenvalue weighted by molar-refractivity contribution is -0.119. The molecule has 0 atom stereocenters. The summed E-state index contributed by atoms with van der Waals surface area (Å²) in [5.41, 5.74) is 3.24. The number of hydrogen-bond acceptors (Lipinski definition) is 5. The van der Waals surface area contributed by atoms with Crippen molar-refractivity contribution in [3.63, 3.8) is 0 Å². The van der Waals surface area contributed by atoms with Crippen molar-refractivity contribution < 1.29 is 9.59 Å². The van der Waals surface area contributed by atoms with Gasteiger partial charge < -0.3 is 15.5 Å². The molecule has 2 amide bonds. The van der Waals surface area contributed by atoms with Gasteiger partial charge >= 0.3 is 0 Å². The van der Waals surface area contributed by atoms with Crippen LogP contribution in [0, 0.1) is 5.92 Å². The molecule has 0 bridgehead atoms. The number of nitrogens with one attached hydrogen (secondary N) is 2. The zero-order valence-corrected chi connectivity index (χ0v) is 15.3. The number of hydrogen-bond donors (Lipinski definition) is 2. The summed E-state index contributed by atoms with van der Waals surface area (Å²) in [4.78, 5) is 26.1. The second-order valence-corrected chi connectivity index (χ2v) is 6.86. The number of aromatic nitrogens is 3. The second-order valence-electron chi connectivity index (χ2n) is 6.86. The van der Waals surface area contributed by atoms with Gasteiger partial charge in [0, 0.05) is 30.9 Å². The number of rotatable bonds is 5. The van der Waals surface area contributed by atoms with Crippen molar-refractivity contribution in [3.05, 3.63) is 30.0 Å². The van der Waals surface area contributed by atoms with E-state index >= 15 is 0 Å². The van der Waals surface area contributed by atoms with Gasteiger partial charge in [-0.1, -0.05) is 19.1 Å². The summed E-state index contributed by atoms with van der Waals surface area (Å²) < 4.78 is 1.40. The normalized spacial score (nSPS) is 13.5. The van der Waals surface area contributed by atoms with E-state index in [0.717, 1.165) is 25.1 Å². The Balaban J connectivity index is 1.59. The van der Waals surface area contributed by atoms with Gasteiger partial charge in [-0.3, -0.25) is 9.59 Å². The molecule has 0 unspecified atom stereocenters. The molecule has 1 aromatic heterocycles. The Morgan fingerprint density at radius 2 is 2.08 bits per heavy atom. The molecule has 1 aliphatic heterocycles. The van der Waals surface area contributed by atoms with Gasteiger partial charge in [-0.2, -0.15) is 0 Å².